The molecule has 1 saturated carbocycles. The van der Waals surface area contributed by atoms with E-state index < -0.39 is 6.10 Å². The third-order valence-corrected chi connectivity index (χ3v) is 5.03. The summed E-state index contributed by atoms with van der Waals surface area (Å²) in [6, 6.07) is 15.6. The number of methoxy groups -OCH3 is 1. The van der Waals surface area contributed by atoms with Gasteiger partial charge in [-0.25, -0.2) is 4.98 Å². The fourth-order valence-electron chi connectivity index (χ4n) is 3.41. The molecule has 3 aromatic rings. The number of hydrogen-bond donors (Lipinski definition) is 1. The maximum absolute atomic E-state index is 10.6. The molecule has 0 aliphatic heterocycles. The highest BCUT2D eigenvalue weighted by molar-refractivity contribution is 5.85. The van der Waals surface area contributed by atoms with E-state index in [2.05, 4.69) is 10.6 Å². The van der Waals surface area contributed by atoms with Crippen molar-refractivity contribution >= 4 is 23.4 Å². The van der Waals surface area contributed by atoms with Crippen LogP contribution in [-0.4, -0.2) is 34.5 Å². The van der Waals surface area contributed by atoms with Gasteiger partial charge in [0, 0.05) is 12.0 Å². The Morgan fingerprint density at radius 2 is 1.93 bits per heavy atom. The lowest BCUT2D eigenvalue weighted by atomic mass is 9.85. The van der Waals surface area contributed by atoms with Crippen molar-refractivity contribution in [1.82, 2.24) is 9.55 Å². The van der Waals surface area contributed by atoms with E-state index in [0.717, 1.165) is 22.6 Å². The lowest BCUT2D eigenvalue weighted by Crippen LogP contribution is -2.26. The fraction of sp³-hybridized carbons (Fsp3) is 0.381. The number of halogens is 1. The smallest absolute Gasteiger partial charge is 0.123 e. The Labute approximate surface area is 165 Å². The number of nitrogens with zero attached hydrogens (tertiary/aromatic N) is 2. The Hall–Kier alpha value is -2.24. The molecule has 0 spiro atoms. The first kappa shape index (κ1) is 19.5. The molecular formula is C21H25ClN2O3. The summed E-state index contributed by atoms with van der Waals surface area (Å²) in [6.45, 7) is 0.708. The molecule has 0 bridgehead atoms. The van der Waals surface area contributed by atoms with E-state index in [1.165, 1.54) is 19.3 Å². The predicted octanol–water partition coefficient (Wildman–Crippen LogP) is 4.17. The normalized spacial score (nSPS) is 15.0. The number of para-hydroxylation sites is 2. The van der Waals surface area contributed by atoms with E-state index in [9.17, 15) is 5.11 Å². The quantitative estimate of drug-likeness (QED) is 0.659. The second kappa shape index (κ2) is 8.63. The zero-order valence-corrected chi connectivity index (χ0v) is 16.2. The van der Waals surface area contributed by atoms with E-state index in [-0.39, 0.29) is 19.0 Å². The topological polar surface area (TPSA) is 56.5 Å². The number of fused-ring (bicyclic) bond motifs is 1. The minimum absolute atomic E-state index is 0. The standard InChI is InChI=1S/C21H24N2O3.ClH/c1-25-17-8-5-9-18(12-17)26-14-16(24)13-23-20-11-3-2-10-19(20)22-21(23)15-6-4-7-15;/h2-3,5,8-12,15-16,24H,4,6-7,13-14H2,1H3;1H. The van der Waals surface area contributed by atoms with Gasteiger partial charge in [0.15, 0.2) is 0 Å². The predicted molar refractivity (Wildman–Crippen MR) is 108 cm³/mol. The molecule has 4 rings (SSSR count). The maximum Gasteiger partial charge on any atom is 0.123 e. The van der Waals surface area contributed by atoms with E-state index in [4.69, 9.17) is 14.5 Å². The van der Waals surface area contributed by atoms with Crippen LogP contribution in [0.3, 0.4) is 0 Å². The molecule has 6 heteroatoms. The van der Waals surface area contributed by atoms with Gasteiger partial charge in [0.1, 0.15) is 30.0 Å². The first-order chi connectivity index (χ1) is 12.7. The summed E-state index contributed by atoms with van der Waals surface area (Å²) in [7, 11) is 1.63. The van der Waals surface area contributed by atoms with Crippen LogP contribution < -0.4 is 9.47 Å². The Morgan fingerprint density at radius 3 is 2.67 bits per heavy atom. The van der Waals surface area contributed by atoms with Crippen molar-refractivity contribution in [3.05, 3.63) is 54.4 Å². The Bertz CT molecular complexity index is 892. The number of aromatic nitrogens is 2. The van der Waals surface area contributed by atoms with Gasteiger partial charge in [-0.1, -0.05) is 24.6 Å². The Balaban J connectivity index is 0.00000210. The van der Waals surface area contributed by atoms with E-state index >= 15 is 0 Å². The van der Waals surface area contributed by atoms with Crippen LogP contribution in [0.5, 0.6) is 11.5 Å². The Kier molecular flexibility index (Phi) is 6.24. The molecular weight excluding hydrogens is 364 g/mol. The summed E-state index contributed by atoms with van der Waals surface area (Å²) < 4.78 is 13.1. The molecule has 0 saturated heterocycles. The van der Waals surface area contributed by atoms with Crippen LogP contribution in [0.15, 0.2) is 48.5 Å². The largest absolute Gasteiger partial charge is 0.497 e. The van der Waals surface area contributed by atoms with Crippen molar-refractivity contribution < 1.29 is 14.6 Å². The van der Waals surface area contributed by atoms with Gasteiger partial charge in [0.05, 0.1) is 24.7 Å². The zero-order valence-electron chi connectivity index (χ0n) is 15.4. The van der Waals surface area contributed by atoms with E-state index in [1.54, 1.807) is 7.11 Å². The molecule has 5 nitrogen and oxygen atoms in total. The third kappa shape index (κ3) is 4.20. The highest BCUT2D eigenvalue weighted by atomic mass is 35.5. The first-order valence-electron chi connectivity index (χ1n) is 9.14. The number of aliphatic hydroxyl groups is 1. The van der Waals surface area contributed by atoms with Crippen LogP contribution in [0.4, 0.5) is 0 Å². The van der Waals surface area contributed by atoms with Gasteiger partial charge in [0.2, 0.25) is 0 Å². The summed E-state index contributed by atoms with van der Waals surface area (Å²) in [6.07, 6.45) is 3.01. The van der Waals surface area contributed by atoms with Gasteiger partial charge in [0.25, 0.3) is 0 Å². The monoisotopic (exact) mass is 388 g/mol. The second-order valence-corrected chi connectivity index (χ2v) is 6.84. The molecule has 1 fully saturated rings. The highest BCUT2D eigenvalue weighted by Gasteiger charge is 2.26. The van der Waals surface area contributed by atoms with Crippen LogP contribution in [0, 0.1) is 0 Å². The van der Waals surface area contributed by atoms with Gasteiger partial charge in [-0.15, -0.1) is 12.4 Å². The molecule has 0 amide bonds. The Morgan fingerprint density at radius 1 is 1.15 bits per heavy atom. The molecule has 1 N–H and O–H groups in total. The third-order valence-electron chi connectivity index (χ3n) is 5.03. The summed E-state index contributed by atoms with van der Waals surface area (Å²) in [5.74, 6) is 3.04. The van der Waals surface area contributed by atoms with E-state index in [0.29, 0.717) is 18.2 Å². The van der Waals surface area contributed by atoms with E-state index in [1.807, 2.05) is 42.5 Å². The molecule has 144 valence electrons. The van der Waals surface area contributed by atoms with Crippen molar-refractivity contribution in [2.24, 2.45) is 0 Å². The summed E-state index contributed by atoms with van der Waals surface area (Å²) in [5.41, 5.74) is 2.07. The molecule has 1 aliphatic rings. The van der Waals surface area contributed by atoms with Gasteiger partial charge < -0.3 is 19.1 Å². The van der Waals surface area contributed by atoms with Gasteiger partial charge in [-0.05, 0) is 37.1 Å². The average molecular weight is 389 g/mol. The molecule has 0 radical (unpaired) electrons. The number of hydrogen-bond acceptors (Lipinski definition) is 4. The molecule has 1 aromatic heterocycles. The molecule has 27 heavy (non-hydrogen) atoms. The van der Waals surface area contributed by atoms with Crippen LogP contribution in [0.2, 0.25) is 0 Å². The van der Waals surface area contributed by atoms with Crippen LogP contribution in [0.1, 0.15) is 31.0 Å². The number of rotatable bonds is 7. The summed E-state index contributed by atoms with van der Waals surface area (Å²) in [5, 5.41) is 10.6. The number of ether oxygens (including phenoxy) is 2. The number of aliphatic hydroxyl groups excluding tert-OH is 1. The maximum atomic E-state index is 10.6. The second-order valence-electron chi connectivity index (χ2n) is 6.84. The van der Waals surface area contributed by atoms with Crippen LogP contribution in [0.25, 0.3) is 11.0 Å². The lowest BCUT2D eigenvalue weighted by Gasteiger charge is -2.26. The molecule has 1 aliphatic carbocycles. The summed E-state index contributed by atoms with van der Waals surface area (Å²) in [4.78, 5) is 4.82. The summed E-state index contributed by atoms with van der Waals surface area (Å²) >= 11 is 0. The molecule has 1 heterocycles. The number of benzene rings is 2. The van der Waals surface area contributed by atoms with Crippen LogP contribution >= 0.6 is 12.4 Å². The molecule has 2 aromatic carbocycles. The zero-order chi connectivity index (χ0) is 17.9. The fourth-order valence-corrected chi connectivity index (χ4v) is 3.41. The minimum Gasteiger partial charge on any atom is -0.497 e. The van der Waals surface area contributed by atoms with Crippen molar-refractivity contribution in [3.63, 3.8) is 0 Å². The number of imidazole rings is 1. The SMILES string of the molecule is COc1cccc(OCC(O)Cn2c(C3CCC3)nc3ccccc32)c1.Cl. The first-order valence-corrected chi connectivity index (χ1v) is 9.14. The minimum atomic E-state index is -0.613. The average Bonchev–Trinajstić information content (AvgIpc) is 2.97. The van der Waals surface area contributed by atoms with Crippen molar-refractivity contribution in [3.8, 4) is 11.5 Å². The van der Waals surface area contributed by atoms with Gasteiger partial charge in [-0.2, -0.15) is 0 Å². The van der Waals surface area contributed by atoms with Crippen molar-refractivity contribution in [2.45, 2.75) is 37.8 Å². The van der Waals surface area contributed by atoms with Gasteiger partial charge >= 0.3 is 0 Å². The van der Waals surface area contributed by atoms with Gasteiger partial charge in [-0.3, -0.25) is 0 Å². The van der Waals surface area contributed by atoms with Crippen LogP contribution in [-0.2, 0) is 6.54 Å². The lowest BCUT2D eigenvalue weighted by molar-refractivity contribution is 0.0918. The van der Waals surface area contributed by atoms with Crippen molar-refractivity contribution in [2.75, 3.05) is 13.7 Å². The van der Waals surface area contributed by atoms with Crippen molar-refractivity contribution in [1.29, 1.82) is 0 Å². The molecule has 1 unspecified atom stereocenters. The molecule has 1 atom stereocenters. The highest BCUT2D eigenvalue weighted by Crippen LogP contribution is 2.37.